The number of nitrogens with zero attached hydrogens (tertiary/aromatic N) is 1. The van der Waals surface area contributed by atoms with Crippen molar-refractivity contribution < 1.29 is 23.5 Å². The van der Waals surface area contributed by atoms with Crippen LogP contribution in [0.15, 0.2) is 48.5 Å². The van der Waals surface area contributed by atoms with Gasteiger partial charge in [-0.1, -0.05) is 18.2 Å². The van der Waals surface area contributed by atoms with Crippen molar-refractivity contribution in [2.45, 2.75) is 5.92 Å². The Bertz CT molecular complexity index is 873. The molecule has 2 amide bonds. The second-order valence-corrected chi connectivity index (χ2v) is 6.99. The third-order valence-electron chi connectivity index (χ3n) is 5.14. The van der Waals surface area contributed by atoms with Crippen molar-refractivity contribution in [2.75, 3.05) is 40.5 Å². The number of benzene rings is 2. The van der Waals surface area contributed by atoms with Gasteiger partial charge in [0.25, 0.3) is 5.91 Å². The summed E-state index contributed by atoms with van der Waals surface area (Å²) in [5, 5.41) is 2.84. The average Bonchev–Trinajstić information content (AvgIpc) is 3.19. The Morgan fingerprint density at radius 2 is 1.93 bits per heavy atom. The van der Waals surface area contributed by atoms with Crippen molar-refractivity contribution in [1.82, 2.24) is 10.2 Å². The monoisotopic (exact) mass is 400 g/mol. The summed E-state index contributed by atoms with van der Waals surface area (Å²) in [7, 11) is 3.10. The zero-order valence-corrected chi connectivity index (χ0v) is 16.6. The van der Waals surface area contributed by atoms with Gasteiger partial charge in [0.15, 0.2) is 0 Å². The molecular formula is C22H25FN2O4. The molecule has 0 saturated carbocycles. The maximum Gasteiger partial charge on any atom is 0.254 e. The molecule has 0 unspecified atom stereocenters. The molecule has 6 nitrogen and oxygen atoms in total. The zero-order chi connectivity index (χ0) is 20.8. The minimum atomic E-state index is -0.469. The van der Waals surface area contributed by atoms with Crippen LogP contribution < -0.4 is 10.1 Å². The predicted octanol–water partition coefficient (Wildman–Crippen LogP) is 2.45. The average molecular weight is 400 g/mol. The second kappa shape index (κ2) is 9.52. The maximum atomic E-state index is 13.8. The van der Waals surface area contributed by atoms with Crippen LogP contribution in [0.5, 0.6) is 5.75 Å². The fourth-order valence-corrected chi connectivity index (χ4v) is 3.66. The zero-order valence-electron chi connectivity index (χ0n) is 16.6. The number of carbonyl (C=O) groups excluding carboxylic acids is 2. The molecule has 1 heterocycles. The van der Waals surface area contributed by atoms with Crippen molar-refractivity contribution in [3.8, 4) is 5.75 Å². The van der Waals surface area contributed by atoms with Gasteiger partial charge >= 0.3 is 0 Å². The highest BCUT2D eigenvalue weighted by molar-refractivity contribution is 5.95. The molecule has 1 aliphatic heterocycles. The van der Waals surface area contributed by atoms with Gasteiger partial charge in [-0.05, 0) is 35.9 Å². The minimum absolute atomic E-state index is 0.169. The van der Waals surface area contributed by atoms with Gasteiger partial charge < -0.3 is 19.7 Å². The molecule has 2 atom stereocenters. The van der Waals surface area contributed by atoms with Crippen LogP contribution in [0.3, 0.4) is 0 Å². The molecular weight excluding hydrogens is 375 g/mol. The van der Waals surface area contributed by atoms with Crippen molar-refractivity contribution in [3.05, 3.63) is 65.5 Å². The van der Waals surface area contributed by atoms with Gasteiger partial charge in [-0.15, -0.1) is 0 Å². The standard InChI is InChI=1S/C22H25FN2O4/c1-28-10-9-24-21(26)20-14-25(13-19(20)15-5-3-7-17(23)11-15)22(27)16-6-4-8-18(12-16)29-2/h3-8,11-12,19-20H,9-10,13-14H2,1-2H3,(H,24,26)/t19-,20+/m1/s1. The SMILES string of the molecule is COCCNC(=O)[C@H]1CN(C(=O)c2cccc(OC)c2)C[C@@H]1c1cccc(F)c1. The molecule has 154 valence electrons. The highest BCUT2D eigenvalue weighted by Gasteiger charge is 2.40. The highest BCUT2D eigenvalue weighted by atomic mass is 19.1. The van der Waals surface area contributed by atoms with Crippen LogP contribution in [0.1, 0.15) is 21.8 Å². The first-order valence-electron chi connectivity index (χ1n) is 9.49. The summed E-state index contributed by atoms with van der Waals surface area (Å²) in [6.45, 7) is 1.37. The first-order chi connectivity index (χ1) is 14.0. The van der Waals surface area contributed by atoms with Gasteiger partial charge in [0.05, 0.1) is 19.6 Å². The van der Waals surface area contributed by atoms with Gasteiger partial charge in [0.1, 0.15) is 11.6 Å². The van der Waals surface area contributed by atoms with E-state index in [1.54, 1.807) is 55.5 Å². The lowest BCUT2D eigenvalue weighted by Gasteiger charge is -2.18. The van der Waals surface area contributed by atoms with Gasteiger partial charge in [-0.2, -0.15) is 0 Å². The number of amides is 2. The Labute approximate surface area is 169 Å². The van der Waals surface area contributed by atoms with Gasteiger partial charge in [-0.25, -0.2) is 4.39 Å². The molecule has 1 aliphatic rings. The Hall–Kier alpha value is -2.93. The maximum absolute atomic E-state index is 13.8. The van der Waals surface area contributed by atoms with E-state index in [4.69, 9.17) is 9.47 Å². The fourth-order valence-electron chi connectivity index (χ4n) is 3.66. The van der Waals surface area contributed by atoms with E-state index in [2.05, 4.69) is 5.32 Å². The number of hydrogen-bond donors (Lipinski definition) is 1. The summed E-state index contributed by atoms with van der Waals surface area (Å²) in [6, 6.07) is 13.1. The Morgan fingerprint density at radius 3 is 2.66 bits per heavy atom. The molecule has 1 saturated heterocycles. The van der Waals surface area contributed by atoms with Crippen LogP contribution in [0.4, 0.5) is 4.39 Å². The highest BCUT2D eigenvalue weighted by Crippen LogP contribution is 2.34. The van der Waals surface area contributed by atoms with Crippen LogP contribution in [0, 0.1) is 11.7 Å². The van der Waals surface area contributed by atoms with Crippen molar-refractivity contribution in [1.29, 1.82) is 0 Å². The third kappa shape index (κ3) is 4.92. The number of ether oxygens (including phenoxy) is 2. The van der Waals surface area contributed by atoms with Crippen LogP contribution in [0.25, 0.3) is 0 Å². The van der Waals surface area contributed by atoms with E-state index < -0.39 is 5.92 Å². The predicted molar refractivity (Wildman–Crippen MR) is 106 cm³/mol. The lowest BCUT2D eigenvalue weighted by Crippen LogP contribution is -2.37. The summed E-state index contributed by atoms with van der Waals surface area (Å²) in [5.74, 6) is -0.884. The Kier molecular flexibility index (Phi) is 6.82. The molecule has 1 fully saturated rings. The molecule has 0 bridgehead atoms. The molecule has 2 aromatic carbocycles. The van der Waals surface area contributed by atoms with E-state index in [1.165, 1.54) is 12.1 Å². The van der Waals surface area contributed by atoms with Gasteiger partial charge in [0, 0.05) is 38.2 Å². The summed E-state index contributed by atoms with van der Waals surface area (Å²) < 4.78 is 24.0. The minimum Gasteiger partial charge on any atom is -0.497 e. The van der Waals surface area contributed by atoms with E-state index in [-0.39, 0.29) is 30.1 Å². The third-order valence-corrected chi connectivity index (χ3v) is 5.14. The summed E-state index contributed by atoms with van der Waals surface area (Å²) in [6.07, 6.45) is 0. The molecule has 7 heteroatoms. The lowest BCUT2D eigenvalue weighted by atomic mass is 9.88. The van der Waals surface area contributed by atoms with E-state index in [0.717, 1.165) is 0 Å². The number of hydrogen-bond acceptors (Lipinski definition) is 4. The van der Waals surface area contributed by atoms with Crippen molar-refractivity contribution >= 4 is 11.8 Å². The number of carbonyl (C=O) groups is 2. The summed E-state index contributed by atoms with van der Waals surface area (Å²) >= 11 is 0. The number of methoxy groups -OCH3 is 2. The number of nitrogens with one attached hydrogen (secondary N) is 1. The fraction of sp³-hybridized carbons (Fsp3) is 0.364. The molecule has 0 spiro atoms. The van der Waals surface area contributed by atoms with Crippen LogP contribution >= 0.6 is 0 Å². The summed E-state index contributed by atoms with van der Waals surface area (Å²) in [4.78, 5) is 27.5. The molecule has 3 rings (SSSR count). The number of likely N-dealkylation sites (tertiary alicyclic amines) is 1. The van der Waals surface area contributed by atoms with Crippen LogP contribution in [-0.4, -0.2) is 57.2 Å². The first kappa shape index (κ1) is 20.8. The number of rotatable bonds is 7. The lowest BCUT2D eigenvalue weighted by molar-refractivity contribution is -0.125. The molecule has 0 aromatic heterocycles. The van der Waals surface area contributed by atoms with E-state index >= 15 is 0 Å². The van der Waals surface area contributed by atoms with E-state index in [0.29, 0.717) is 36.6 Å². The largest absolute Gasteiger partial charge is 0.497 e. The normalized spacial score (nSPS) is 18.5. The topological polar surface area (TPSA) is 67.9 Å². The van der Waals surface area contributed by atoms with Crippen molar-refractivity contribution in [3.63, 3.8) is 0 Å². The quantitative estimate of drug-likeness (QED) is 0.725. The van der Waals surface area contributed by atoms with Gasteiger partial charge in [0.2, 0.25) is 5.91 Å². The molecule has 0 aliphatic carbocycles. The smallest absolute Gasteiger partial charge is 0.254 e. The Morgan fingerprint density at radius 1 is 1.14 bits per heavy atom. The Balaban J connectivity index is 1.83. The molecule has 2 aromatic rings. The van der Waals surface area contributed by atoms with Crippen LogP contribution in [0.2, 0.25) is 0 Å². The molecule has 29 heavy (non-hydrogen) atoms. The van der Waals surface area contributed by atoms with Gasteiger partial charge in [-0.3, -0.25) is 9.59 Å². The molecule has 1 N–H and O–H groups in total. The van der Waals surface area contributed by atoms with E-state index in [1.807, 2.05) is 0 Å². The van der Waals surface area contributed by atoms with Crippen molar-refractivity contribution in [2.24, 2.45) is 5.92 Å². The second-order valence-electron chi connectivity index (χ2n) is 6.99. The van der Waals surface area contributed by atoms with E-state index in [9.17, 15) is 14.0 Å². The number of halogens is 1. The van der Waals surface area contributed by atoms with Crippen LogP contribution in [-0.2, 0) is 9.53 Å². The summed E-state index contributed by atoms with van der Waals surface area (Å²) in [5.41, 5.74) is 1.20. The first-order valence-corrected chi connectivity index (χ1v) is 9.49. The molecule has 0 radical (unpaired) electrons.